The lowest BCUT2D eigenvalue weighted by Crippen LogP contribution is -2.08. The van der Waals surface area contributed by atoms with Crippen LogP contribution in [0.1, 0.15) is 21.5 Å². The minimum atomic E-state index is -4.46. The molecule has 0 unspecified atom stereocenters. The second-order valence-electron chi connectivity index (χ2n) is 5.91. The molecule has 0 amide bonds. The highest BCUT2D eigenvalue weighted by Gasteiger charge is 2.31. The zero-order valence-electron chi connectivity index (χ0n) is 14.8. The smallest absolute Gasteiger partial charge is 0.416 e. The molecule has 0 aliphatic rings. The van der Waals surface area contributed by atoms with Gasteiger partial charge in [0.1, 0.15) is 0 Å². The number of fused-ring (bicyclic) bond motifs is 1. The van der Waals surface area contributed by atoms with Gasteiger partial charge in [-0.15, -0.1) is 11.8 Å². The van der Waals surface area contributed by atoms with Gasteiger partial charge >= 0.3 is 12.1 Å². The Kier molecular flexibility index (Phi) is 5.15. The highest BCUT2D eigenvalue weighted by molar-refractivity contribution is 7.98. The number of halogens is 3. The fourth-order valence-electron chi connectivity index (χ4n) is 2.96. The molecule has 0 atom stereocenters. The van der Waals surface area contributed by atoms with Gasteiger partial charge in [0.2, 0.25) is 0 Å². The molecular formula is C20H16F3NO2S. The van der Waals surface area contributed by atoms with Crippen LogP contribution < -0.4 is 0 Å². The number of thioether (sulfide) groups is 1. The fraction of sp³-hybridized carbons (Fsp3) is 0.200. The molecule has 0 fully saturated rings. The molecule has 1 heterocycles. The first kappa shape index (κ1) is 19.2. The number of carbonyl (C=O) groups is 1. The summed E-state index contributed by atoms with van der Waals surface area (Å²) >= 11 is 1.51. The monoisotopic (exact) mass is 391 g/mol. The van der Waals surface area contributed by atoms with Crippen LogP contribution in [0.2, 0.25) is 0 Å². The lowest BCUT2D eigenvalue weighted by Gasteiger charge is -2.15. The van der Waals surface area contributed by atoms with Gasteiger partial charge in [0, 0.05) is 15.8 Å². The van der Waals surface area contributed by atoms with Crippen molar-refractivity contribution in [1.82, 2.24) is 4.98 Å². The van der Waals surface area contributed by atoms with E-state index in [-0.39, 0.29) is 0 Å². The van der Waals surface area contributed by atoms with Crippen molar-refractivity contribution in [3.8, 4) is 11.3 Å². The summed E-state index contributed by atoms with van der Waals surface area (Å²) in [5.74, 6) is -0.551. The lowest BCUT2D eigenvalue weighted by atomic mass is 9.97. The third-order valence-electron chi connectivity index (χ3n) is 4.29. The molecule has 0 N–H and O–H groups in total. The number of hydrogen-bond acceptors (Lipinski definition) is 4. The maximum absolute atomic E-state index is 13.1. The lowest BCUT2D eigenvalue weighted by molar-refractivity contribution is -0.137. The van der Waals surface area contributed by atoms with Crippen molar-refractivity contribution in [3.63, 3.8) is 0 Å². The number of aromatic nitrogens is 1. The van der Waals surface area contributed by atoms with Crippen molar-refractivity contribution < 1.29 is 22.7 Å². The van der Waals surface area contributed by atoms with Crippen LogP contribution in [0.25, 0.3) is 22.2 Å². The Morgan fingerprint density at radius 3 is 2.52 bits per heavy atom. The third-order valence-corrected chi connectivity index (χ3v) is 5.01. The number of methoxy groups -OCH3 is 1. The quantitative estimate of drug-likeness (QED) is 0.422. The Labute approximate surface area is 158 Å². The summed E-state index contributed by atoms with van der Waals surface area (Å²) in [7, 11) is 1.27. The van der Waals surface area contributed by atoms with Crippen LogP contribution in [0.3, 0.4) is 0 Å². The van der Waals surface area contributed by atoms with Crippen LogP contribution in [0, 0.1) is 6.92 Å². The van der Waals surface area contributed by atoms with Gasteiger partial charge in [-0.2, -0.15) is 13.2 Å². The van der Waals surface area contributed by atoms with Crippen molar-refractivity contribution in [2.45, 2.75) is 18.0 Å². The molecule has 0 bridgehead atoms. The average Bonchev–Trinajstić information content (AvgIpc) is 2.66. The van der Waals surface area contributed by atoms with E-state index in [2.05, 4.69) is 4.98 Å². The van der Waals surface area contributed by atoms with E-state index in [4.69, 9.17) is 4.74 Å². The van der Waals surface area contributed by atoms with Crippen molar-refractivity contribution in [2.24, 2.45) is 0 Å². The van der Waals surface area contributed by atoms with E-state index in [1.165, 1.54) is 24.9 Å². The molecule has 3 rings (SSSR count). The molecule has 0 aliphatic carbocycles. The molecule has 0 saturated heterocycles. The van der Waals surface area contributed by atoms with Crippen LogP contribution in [0.15, 0.2) is 47.4 Å². The molecule has 7 heteroatoms. The van der Waals surface area contributed by atoms with Gasteiger partial charge in [-0.3, -0.25) is 0 Å². The van der Waals surface area contributed by atoms with Gasteiger partial charge < -0.3 is 4.74 Å². The Bertz CT molecular complexity index is 1030. The number of carbonyl (C=O) groups excluding carboxylic acids is 1. The number of rotatable bonds is 3. The number of pyridine rings is 1. The fourth-order valence-corrected chi connectivity index (χ4v) is 3.39. The predicted octanol–water partition coefficient (Wildman–Crippen LogP) is 5.74. The number of hydrogen-bond donors (Lipinski definition) is 0. The third kappa shape index (κ3) is 3.64. The van der Waals surface area contributed by atoms with Crippen molar-refractivity contribution in [1.29, 1.82) is 0 Å². The topological polar surface area (TPSA) is 39.2 Å². The van der Waals surface area contributed by atoms with E-state index in [1.54, 1.807) is 19.1 Å². The standard InChI is InChI=1S/C20H16F3NO2S/c1-11-17(19(25)26-2)15-8-7-14(27-3)10-16(15)24-18(11)12-5-4-6-13(9-12)20(21,22)23/h4-10H,1-3H3. The average molecular weight is 391 g/mol. The summed E-state index contributed by atoms with van der Waals surface area (Å²) in [5, 5.41) is 0.605. The summed E-state index contributed by atoms with van der Waals surface area (Å²) in [5.41, 5.74) is 1.17. The van der Waals surface area contributed by atoms with Gasteiger partial charge in [0.25, 0.3) is 0 Å². The highest BCUT2D eigenvalue weighted by atomic mass is 32.2. The first-order chi connectivity index (χ1) is 12.8. The van der Waals surface area contributed by atoms with E-state index in [1.807, 2.05) is 18.4 Å². The SMILES string of the molecule is COC(=O)c1c(C)c(-c2cccc(C(F)(F)F)c2)nc2cc(SC)ccc12. The van der Waals surface area contributed by atoms with E-state index >= 15 is 0 Å². The van der Waals surface area contributed by atoms with Gasteiger partial charge in [-0.05, 0) is 43.0 Å². The minimum absolute atomic E-state index is 0.295. The van der Waals surface area contributed by atoms with E-state index < -0.39 is 17.7 Å². The van der Waals surface area contributed by atoms with Crippen molar-refractivity contribution >= 4 is 28.6 Å². The Morgan fingerprint density at radius 2 is 1.89 bits per heavy atom. The van der Waals surface area contributed by atoms with E-state index in [9.17, 15) is 18.0 Å². The first-order valence-corrected chi connectivity index (χ1v) is 9.23. The summed E-state index contributed by atoms with van der Waals surface area (Å²) in [6.07, 6.45) is -2.55. The highest BCUT2D eigenvalue weighted by Crippen LogP contribution is 2.35. The second kappa shape index (κ2) is 7.23. The molecule has 3 nitrogen and oxygen atoms in total. The van der Waals surface area contributed by atoms with Crippen LogP contribution in [0.4, 0.5) is 13.2 Å². The Morgan fingerprint density at radius 1 is 1.15 bits per heavy atom. The maximum Gasteiger partial charge on any atom is 0.416 e. The molecule has 2 aromatic carbocycles. The van der Waals surface area contributed by atoms with Crippen LogP contribution in [0.5, 0.6) is 0 Å². The van der Waals surface area contributed by atoms with Gasteiger partial charge in [-0.25, -0.2) is 9.78 Å². The van der Waals surface area contributed by atoms with Gasteiger partial charge in [-0.1, -0.05) is 18.2 Å². The number of nitrogens with zero attached hydrogens (tertiary/aromatic N) is 1. The zero-order valence-corrected chi connectivity index (χ0v) is 15.7. The second-order valence-corrected chi connectivity index (χ2v) is 6.79. The number of alkyl halides is 3. The molecule has 0 spiro atoms. The minimum Gasteiger partial charge on any atom is -0.465 e. The largest absolute Gasteiger partial charge is 0.465 e. The van der Waals surface area contributed by atoms with Crippen LogP contribution in [-0.2, 0) is 10.9 Å². The summed E-state index contributed by atoms with van der Waals surface area (Å²) < 4.78 is 44.2. The molecule has 1 aromatic heterocycles. The predicted molar refractivity (Wildman–Crippen MR) is 100 cm³/mol. The van der Waals surface area contributed by atoms with Gasteiger partial charge in [0.05, 0.1) is 29.4 Å². The molecular weight excluding hydrogens is 375 g/mol. The molecule has 0 aliphatic heterocycles. The maximum atomic E-state index is 13.1. The van der Waals surface area contributed by atoms with Crippen molar-refractivity contribution in [3.05, 3.63) is 59.2 Å². The molecule has 27 heavy (non-hydrogen) atoms. The molecule has 140 valence electrons. The van der Waals surface area contributed by atoms with Crippen LogP contribution >= 0.6 is 11.8 Å². The van der Waals surface area contributed by atoms with Gasteiger partial charge in [0.15, 0.2) is 0 Å². The summed E-state index contributed by atoms with van der Waals surface area (Å²) in [6, 6.07) is 10.4. The van der Waals surface area contributed by atoms with E-state index in [0.717, 1.165) is 17.0 Å². The Hall–Kier alpha value is -2.54. The number of benzene rings is 2. The van der Waals surface area contributed by atoms with E-state index in [0.29, 0.717) is 33.3 Å². The first-order valence-electron chi connectivity index (χ1n) is 8.00. The molecule has 3 aromatic rings. The summed E-state index contributed by atoms with van der Waals surface area (Å²) in [4.78, 5) is 17.9. The zero-order chi connectivity index (χ0) is 19.8. The normalized spacial score (nSPS) is 11.6. The number of ether oxygens (including phenoxy) is 1. The van der Waals surface area contributed by atoms with Crippen molar-refractivity contribution in [2.75, 3.05) is 13.4 Å². The molecule has 0 saturated carbocycles. The van der Waals surface area contributed by atoms with Crippen LogP contribution in [-0.4, -0.2) is 24.3 Å². The number of esters is 1. The molecule has 0 radical (unpaired) electrons. The summed E-state index contributed by atoms with van der Waals surface area (Å²) in [6.45, 7) is 1.66. The Balaban J connectivity index is 2.33.